The van der Waals surface area contributed by atoms with Crippen molar-refractivity contribution in [1.29, 1.82) is 0 Å². The first-order chi connectivity index (χ1) is 8.79. The summed E-state index contributed by atoms with van der Waals surface area (Å²) in [6, 6.07) is 0.447. The number of carbonyl (C=O) groups excluding carboxylic acids is 1. The molecule has 0 saturated carbocycles. The summed E-state index contributed by atoms with van der Waals surface area (Å²) < 4.78 is 52.4. The summed E-state index contributed by atoms with van der Waals surface area (Å²) in [5.41, 5.74) is 4.75. The van der Waals surface area contributed by atoms with E-state index in [2.05, 4.69) is 10.0 Å². The molecule has 1 aliphatic rings. The van der Waals surface area contributed by atoms with Crippen LogP contribution >= 0.6 is 0 Å². The van der Waals surface area contributed by atoms with Gasteiger partial charge < -0.3 is 11.1 Å². The van der Waals surface area contributed by atoms with Crippen LogP contribution in [0.15, 0.2) is 17.0 Å². The highest BCUT2D eigenvalue weighted by Crippen LogP contribution is 2.21. The van der Waals surface area contributed by atoms with E-state index in [0.717, 1.165) is 0 Å². The van der Waals surface area contributed by atoms with Gasteiger partial charge in [0.15, 0.2) is 0 Å². The van der Waals surface area contributed by atoms with Crippen molar-refractivity contribution in [2.75, 3.05) is 12.3 Å². The first kappa shape index (κ1) is 13.7. The second kappa shape index (κ2) is 4.74. The summed E-state index contributed by atoms with van der Waals surface area (Å²) in [4.78, 5) is 10.2. The fourth-order valence-electron chi connectivity index (χ4n) is 1.72. The molecule has 0 radical (unpaired) electrons. The normalized spacial score (nSPS) is 19.5. The summed E-state index contributed by atoms with van der Waals surface area (Å²) in [5, 5.41) is 2.43. The average Bonchev–Trinajstić information content (AvgIpc) is 2.68. The maximum atomic E-state index is 13.5. The Morgan fingerprint density at radius 1 is 1.32 bits per heavy atom. The number of hydrogen-bond donors (Lipinski definition) is 3. The van der Waals surface area contributed by atoms with Gasteiger partial charge in [0.05, 0.1) is 5.69 Å². The highest BCUT2D eigenvalue weighted by molar-refractivity contribution is 7.89. The lowest BCUT2D eigenvalue weighted by molar-refractivity contribution is -0.119. The first-order valence-electron chi connectivity index (χ1n) is 5.33. The molecule has 19 heavy (non-hydrogen) atoms. The largest absolute Gasteiger partial charge is 0.396 e. The third kappa shape index (κ3) is 2.82. The molecule has 1 aromatic rings. The Morgan fingerprint density at radius 2 is 2.00 bits per heavy atom. The molecule has 104 valence electrons. The number of rotatable bonds is 3. The number of benzene rings is 1. The molecule has 1 aromatic carbocycles. The van der Waals surface area contributed by atoms with Crippen molar-refractivity contribution in [3.05, 3.63) is 23.8 Å². The predicted octanol–water partition coefficient (Wildman–Crippen LogP) is -0.286. The molecule has 1 fully saturated rings. The quantitative estimate of drug-likeness (QED) is 0.666. The van der Waals surface area contributed by atoms with Gasteiger partial charge in [0.2, 0.25) is 15.9 Å². The van der Waals surface area contributed by atoms with Crippen molar-refractivity contribution in [3.8, 4) is 0 Å². The molecule has 4 N–H and O–H groups in total. The van der Waals surface area contributed by atoms with Gasteiger partial charge in [0, 0.05) is 25.1 Å². The average molecular weight is 291 g/mol. The third-order valence-corrected chi connectivity index (χ3v) is 4.18. The minimum Gasteiger partial charge on any atom is -0.396 e. The van der Waals surface area contributed by atoms with E-state index < -0.39 is 38.3 Å². The summed E-state index contributed by atoms with van der Waals surface area (Å²) >= 11 is 0. The number of anilines is 1. The Labute approximate surface area is 108 Å². The van der Waals surface area contributed by atoms with E-state index in [9.17, 15) is 22.0 Å². The molecule has 6 nitrogen and oxygen atoms in total. The fraction of sp³-hybridized carbons (Fsp3) is 0.300. The highest BCUT2D eigenvalue weighted by Gasteiger charge is 2.29. The minimum atomic E-state index is -4.20. The van der Waals surface area contributed by atoms with E-state index in [1.54, 1.807) is 0 Å². The van der Waals surface area contributed by atoms with Gasteiger partial charge in [0.25, 0.3) is 0 Å². The van der Waals surface area contributed by atoms with E-state index in [0.29, 0.717) is 12.1 Å². The van der Waals surface area contributed by atoms with Crippen molar-refractivity contribution in [2.24, 2.45) is 0 Å². The maximum absolute atomic E-state index is 13.5. The fourth-order valence-corrected chi connectivity index (χ4v) is 3.05. The molecule has 1 saturated heterocycles. The van der Waals surface area contributed by atoms with Crippen LogP contribution in [0.1, 0.15) is 6.42 Å². The summed E-state index contributed by atoms with van der Waals surface area (Å²) in [7, 11) is -4.20. The van der Waals surface area contributed by atoms with E-state index in [1.165, 1.54) is 0 Å². The minimum absolute atomic E-state index is 0.0302. The van der Waals surface area contributed by atoms with Gasteiger partial charge in [-0.25, -0.2) is 21.9 Å². The van der Waals surface area contributed by atoms with Crippen molar-refractivity contribution in [3.63, 3.8) is 0 Å². The van der Waals surface area contributed by atoms with Crippen LogP contribution in [0.5, 0.6) is 0 Å². The smallest absolute Gasteiger partial charge is 0.243 e. The maximum Gasteiger partial charge on any atom is 0.243 e. The van der Waals surface area contributed by atoms with Crippen LogP contribution in [0.2, 0.25) is 0 Å². The van der Waals surface area contributed by atoms with E-state index in [4.69, 9.17) is 5.73 Å². The van der Waals surface area contributed by atoms with Gasteiger partial charge in [-0.1, -0.05) is 0 Å². The molecular formula is C10H11F2N3O3S. The second-order valence-corrected chi connectivity index (χ2v) is 5.81. The monoisotopic (exact) mass is 291 g/mol. The predicted molar refractivity (Wildman–Crippen MR) is 62.5 cm³/mol. The molecule has 1 amide bonds. The van der Waals surface area contributed by atoms with Crippen LogP contribution in [-0.4, -0.2) is 26.9 Å². The SMILES string of the molecule is Nc1cc(S(=O)(=O)NC2CNC(=O)C2)c(F)cc1F. The van der Waals surface area contributed by atoms with Gasteiger partial charge in [-0.05, 0) is 6.07 Å². The Balaban J connectivity index is 2.29. The lowest BCUT2D eigenvalue weighted by Gasteiger charge is -2.12. The zero-order valence-corrected chi connectivity index (χ0v) is 10.4. The van der Waals surface area contributed by atoms with Gasteiger partial charge >= 0.3 is 0 Å². The van der Waals surface area contributed by atoms with Gasteiger partial charge in [-0.2, -0.15) is 0 Å². The third-order valence-electron chi connectivity index (χ3n) is 2.64. The number of amides is 1. The summed E-state index contributed by atoms with van der Waals surface area (Å²) in [6.45, 7) is 0.121. The van der Waals surface area contributed by atoms with Gasteiger partial charge in [0.1, 0.15) is 16.5 Å². The van der Waals surface area contributed by atoms with Crippen LogP contribution in [0.3, 0.4) is 0 Å². The van der Waals surface area contributed by atoms with Crippen LogP contribution in [0.25, 0.3) is 0 Å². The zero-order valence-electron chi connectivity index (χ0n) is 9.61. The summed E-state index contributed by atoms with van der Waals surface area (Å²) in [5.74, 6) is -2.57. The molecule has 1 heterocycles. The number of nitrogen functional groups attached to an aromatic ring is 1. The molecule has 1 unspecified atom stereocenters. The summed E-state index contributed by atoms with van der Waals surface area (Å²) in [6.07, 6.45) is -0.0302. The first-order valence-corrected chi connectivity index (χ1v) is 6.81. The Morgan fingerprint density at radius 3 is 2.58 bits per heavy atom. The van der Waals surface area contributed by atoms with E-state index in [1.807, 2.05) is 0 Å². The Bertz CT molecular complexity index is 633. The van der Waals surface area contributed by atoms with Crippen LogP contribution in [-0.2, 0) is 14.8 Å². The molecule has 0 aromatic heterocycles. The molecule has 0 bridgehead atoms. The number of sulfonamides is 1. The van der Waals surface area contributed by atoms with Crippen molar-refractivity contribution in [2.45, 2.75) is 17.4 Å². The van der Waals surface area contributed by atoms with Crippen molar-refractivity contribution < 1.29 is 22.0 Å². The van der Waals surface area contributed by atoms with E-state index in [-0.39, 0.29) is 18.9 Å². The van der Waals surface area contributed by atoms with E-state index >= 15 is 0 Å². The number of hydrogen-bond acceptors (Lipinski definition) is 4. The van der Waals surface area contributed by atoms with Crippen LogP contribution in [0, 0.1) is 11.6 Å². The molecule has 1 aliphatic heterocycles. The van der Waals surface area contributed by atoms with Crippen molar-refractivity contribution in [1.82, 2.24) is 10.0 Å². The number of halogens is 2. The molecule has 0 aliphatic carbocycles. The van der Waals surface area contributed by atoms with Crippen LogP contribution < -0.4 is 15.8 Å². The lowest BCUT2D eigenvalue weighted by atomic mass is 10.3. The van der Waals surface area contributed by atoms with Gasteiger partial charge in [-0.15, -0.1) is 0 Å². The molecular weight excluding hydrogens is 280 g/mol. The zero-order chi connectivity index (χ0) is 14.2. The Kier molecular flexibility index (Phi) is 3.42. The molecule has 0 spiro atoms. The lowest BCUT2D eigenvalue weighted by Crippen LogP contribution is -2.36. The topological polar surface area (TPSA) is 101 Å². The highest BCUT2D eigenvalue weighted by atomic mass is 32.2. The molecule has 2 rings (SSSR count). The number of carbonyl (C=O) groups is 1. The molecule has 1 atom stereocenters. The van der Waals surface area contributed by atoms with Crippen molar-refractivity contribution >= 4 is 21.6 Å². The second-order valence-electron chi connectivity index (χ2n) is 4.13. The standard InChI is InChI=1S/C10H11F2N3O3S/c11-6-2-7(12)9(3-8(6)13)19(17,18)15-5-1-10(16)14-4-5/h2-3,5,15H,1,4,13H2,(H,14,16). The number of nitrogens with two attached hydrogens (primary N) is 1. The van der Waals surface area contributed by atoms with Gasteiger partial charge in [-0.3, -0.25) is 4.79 Å². The van der Waals surface area contributed by atoms with Crippen LogP contribution in [0.4, 0.5) is 14.5 Å². The molecule has 9 heteroatoms. The Hall–Kier alpha value is -1.74. The number of nitrogens with one attached hydrogen (secondary N) is 2.